The highest BCUT2D eigenvalue weighted by Gasteiger charge is 2.42. The second kappa shape index (κ2) is 5.45. The van der Waals surface area contributed by atoms with Crippen molar-refractivity contribution in [1.29, 1.82) is 0 Å². The monoisotopic (exact) mass is 288 g/mol. The molecule has 106 valence electrons. The molecule has 2 atom stereocenters. The van der Waals surface area contributed by atoms with Crippen LogP contribution in [0.3, 0.4) is 0 Å². The van der Waals surface area contributed by atoms with Crippen LogP contribution in [0.15, 0.2) is 30.3 Å². The Morgan fingerprint density at radius 1 is 1.42 bits per heavy atom. The molecule has 8 heteroatoms. The van der Waals surface area contributed by atoms with Gasteiger partial charge in [-0.1, -0.05) is 41.3 Å². The van der Waals surface area contributed by atoms with Crippen molar-refractivity contribution in [3.05, 3.63) is 35.9 Å². The van der Waals surface area contributed by atoms with Gasteiger partial charge in [0.05, 0.1) is 6.54 Å². The second-order valence-electron chi connectivity index (χ2n) is 4.30. The van der Waals surface area contributed by atoms with Crippen molar-refractivity contribution in [1.82, 2.24) is 9.03 Å². The molecule has 2 rings (SSSR count). The van der Waals surface area contributed by atoms with Crippen molar-refractivity contribution in [2.45, 2.75) is 18.7 Å². The van der Waals surface area contributed by atoms with Crippen LogP contribution in [-0.4, -0.2) is 48.4 Å². The van der Waals surface area contributed by atoms with E-state index >= 15 is 0 Å². The minimum absolute atomic E-state index is 0.125. The molecule has 1 aromatic rings. The van der Waals surface area contributed by atoms with Crippen LogP contribution in [0.1, 0.15) is 5.56 Å². The number of benzene rings is 1. The third-order valence-corrected chi connectivity index (χ3v) is 4.52. The summed E-state index contributed by atoms with van der Waals surface area (Å²) in [6.45, 7) is -0.147. The van der Waals surface area contributed by atoms with E-state index < -0.39 is 29.2 Å². The number of carboxylic acids is 1. The highest BCUT2D eigenvalue weighted by atomic mass is 32.3. The van der Waals surface area contributed by atoms with Crippen LogP contribution in [0.2, 0.25) is 0 Å². The molecule has 1 aromatic carbocycles. The standard InChI is InChI=1S/C11H16N2O5S/c14-10-7-13(19(17,18)12-10)9(11(15)16)6-8-4-2-1-3-5-8/h1-5,9-10,12,14,17-18H,6-7H2,(H,15,16)/t9-,10?/m1/s1. The zero-order chi connectivity index (χ0) is 14.0. The highest BCUT2D eigenvalue weighted by molar-refractivity contribution is 8.20. The molecular formula is C11H16N2O5S. The Labute approximate surface area is 112 Å². The van der Waals surface area contributed by atoms with E-state index in [1.807, 2.05) is 6.07 Å². The van der Waals surface area contributed by atoms with E-state index in [1.54, 1.807) is 24.3 Å². The highest BCUT2D eigenvalue weighted by Crippen LogP contribution is 2.45. The Hall–Kier alpha value is -1.16. The van der Waals surface area contributed by atoms with Crippen LogP contribution in [-0.2, 0) is 11.2 Å². The summed E-state index contributed by atoms with van der Waals surface area (Å²) >= 11 is 0. The van der Waals surface area contributed by atoms with Crippen molar-refractivity contribution in [3.8, 4) is 0 Å². The van der Waals surface area contributed by atoms with E-state index in [2.05, 4.69) is 4.72 Å². The van der Waals surface area contributed by atoms with Crippen molar-refractivity contribution >= 4 is 16.9 Å². The van der Waals surface area contributed by atoms with Crippen LogP contribution in [0, 0.1) is 0 Å². The number of nitrogens with one attached hydrogen (secondary N) is 1. The van der Waals surface area contributed by atoms with Crippen LogP contribution in [0.25, 0.3) is 0 Å². The van der Waals surface area contributed by atoms with Gasteiger partial charge < -0.3 is 10.2 Å². The number of nitrogens with zero attached hydrogens (tertiary/aromatic N) is 1. The average Bonchev–Trinajstić information content (AvgIpc) is 2.60. The number of rotatable bonds is 4. The molecule has 0 amide bonds. The fourth-order valence-electron chi connectivity index (χ4n) is 2.02. The van der Waals surface area contributed by atoms with Gasteiger partial charge in [-0.05, 0) is 5.56 Å². The Morgan fingerprint density at radius 3 is 2.53 bits per heavy atom. The summed E-state index contributed by atoms with van der Waals surface area (Å²) in [7, 11) is -3.45. The minimum Gasteiger partial charge on any atom is -0.480 e. The molecule has 1 aliphatic heterocycles. The van der Waals surface area contributed by atoms with Gasteiger partial charge in [0, 0.05) is 6.42 Å². The number of carboxylic acid groups (broad SMARTS) is 1. The molecule has 1 aliphatic rings. The molecule has 0 bridgehead atoms. The average molecular weight is 288 g/mol. The minimum atomic E-state index is -3.45. The molecule has 1 heterocycles. The molecule has 1 unspecified atom stereocenters. The van der Waals surface area contributed by atoms with Crippen molar-refractivity contribution < 1.29 is 24.1 Å². The van der Waals surface area contributed by atoms with Crippen LogP contribution in [0.5, 0.6) is 0 Å². The summed E-state index contributed by atoms with van der Waals surface area (Å²) in [6.07, 6.45) is -1.02. The first-order chi connectivity index (χ1) is 8.90. The number of carbonyl (C=O) groups is 1. The summed E-state index contributed by atoms with van der Waals surface area (Å²) in [5.41, 5.74) is 0.770. The predicted octanol–water partition coefficient (Wildman–Crippen LogP) is 0.487. The molecule has 0 spiro atoms. The molecule has 0 aliphatic carbocycles. The van der Waals surface area contributed by atoms with E-state index in [0.29, 0.717) is 0 Å². The molecule has 7 nitrogen and oxygen atoms in total. The van der Waals surface area contributed by atoms with Gasteiger partial charge in [0.25, 0.3) is 0 Å². The zero-order valence-electron chi connectivity index (χ0n) is 10.0. The van der Waals surface area contributed by atoms with E-state index in [1.165, 1.54) is 0 Å². The van der Waals surface area contributed by atoms with E-state index in [9.17, 15) is 24.1 Å². The number of aliphatic hydroxyl groups excluding tert-OH is 1. The first-order valence-corrected chi connectivity index (χ1v) is 7.17. The van der Waals surface area contributed by atoms with Gasteiger partial charge in [-0.25, -0.2) is 0 Å². The fraction of sp³-hybridized carbons (Fsp3) is 0.364. The summed E-state index contributed by atoms with van der Waals surface area (Å²) in [4.78, 5) is 11.3. The van der Waals surface area contributed by atoms with E-state index in [4.69, 9.17) is 0 Å². The zero-order valence-corrected chi connectivity index (χ0v) is 10.8. The van der Waals surface area contributed by atoms with Gasteiger partial charge in [-0.15, -0.1) is 0 Å². The fourth-order valence-corrected chi connectivity index (χ4v) is 3.46. The van der Waals surface area contributed by atoms with Gasteiger partial charge in [0.1, 0.15) is 12.3 Å². The maximum absolute atomic E-state index is 11.3. The first-order valence-electron chi connectivity index (χ1n) is 5.67. The lowest BCUT2D eigenvalue weighted by Gasteiger charge is -2.38. The third kappa shape index (κ3) is 3.24. The summed E-state index contributed by atoms with van der Waals surface area (Å²) < 4.78 is 22.7. The van der Waals surface area contributed by atoms with Gasteiger partial charge in [-0.2, -0.15) is 9.03 Å². The molecular weight excluding hydrogens is 272 g/mol. The smallest absolute Gasteiger partial charge is 0.323 e. The van der Waals surface area contributed by atoms with Crippen LogP contribution < -0.4 is 4.72 Å². The Bertz CT molecular complexity index is 456. The van der Waals surface area contributed by atoms with Gasteiger partial charge in [0.2, 0.25) is 0 Å². The first kappa shape index (κ1) is 14.3. The Balaban J connectivity index is 2.19. The normalized spacial score (nSPS) is 25.9. The topological polar surface area (TPSA) is 113 Å². The molecule has 5 N–H and O–H groups in total. The van der Waals surface area contributed by atoms with Crippen molar-refractivity contribution in [3.63, 3.8) is 0 Å². The molecule has 0 radical (unpaired) electrons. The van der Waals surface area contributed by atoms with Gasteiger partial charge in [-0.3, -0.25) is 13.9 Å². The molecule has 1 saturated heterocycles. The summed E-state index contributed by atoms with van der Waals surface area (Å²) in [6, 6.07) is 7.79. The van der Waals surface area contributed by atoms with Crippen LogP contribution in [0.4, 0.5) is 0 Å². The van der Waals surface area contributed by atoms with Gasteiger partial charge >= 0.3 is 5.97 Å². The lowest BCUT2D eigenvalue weighted by molar-refractivity contribution is -0.141. The summed E-state index contributed by atoms with van der Waals surface area (Å²) in [5.74, 6) is -1.17. The van der Waals surface area contributed by atoms with Crippen molar-refractivity contribution in [2.75, 3.05) is 6.54 Å². The largest absolute Gasteiger partial charge is 0.480 e. The Kier molecular flexibility index (Phi) is 4.09. The number of β-amino-alcohol motifs (C(OH)–C–C–N with tert-alkyl or cyclic N) is 1. The number of hydrogen-bond acceptors (Lipinski definition) is 6. The number of aliphatic carboxylic acids is 1. The molecule has 0 aromatic heterocycles. The number of aliphatic hydroxyl groups is 1. The third-order valence-electron chi connectivity index (χ3n) is 2.88. The lowest BCUT2D eigenvalue weighted by Crippen LogP contribution is -2.42. The van der Waals surface area contributed by atoms with Gasteiger partial charge in [0.15, 0.2) is 0 Å². The molecule has 1 fully saturated rings. The van der Waals surface area contributed by atoms with E-state index in [-0.39, 0.29) is 13.0 Å². The SMILES string of the molecule is O=C(O)[C@@H](Cc1ccccc1)N1CC(O)NS1(O)O. The van der Waals surface area contributed by atoms with Crippen LogP contribution >= 0.6 is 11.0 Å². The molecule has 0 saturated carbocycles. The molecule has 19 heavy (non-hydrogen) atoms. The summed E-state index contributed by atoms with van der Waals surface area (Å²) in [5, 5.41) is 18.6. The van der Waals surface area contributed by atoms with Crippen molar-refractivity contribution in [2.24, 2.45) is 0 Å². The van der Waals surface area contributed by atoms with E-state index in [0.717, 1.165) is 9.87 Å². The number of hydrogen-bond donors (Lipinski definition) is 5. The predicted molar refractivity (Wildman–Crippen MR) is 70.3 cm³/mol. The maximum atomic E-state index is 11.3. The Morgan fingerprint density at radius 2 is 2.05 bits per heavy atom. The lowest BCUT2D eigenvalue weighted by atomic mass is 10.1. The quantitative estimate of drug-likeness (QED) is 0.548. The maximum Gasteiger partial charge on any atom is 0.323 e. The second-order valence-corrected chi connectivity index (χ2v) is 6.04.